The summed E-state index contributed by atoms with van der Waals surface area (Å²) >= 11 is 0. The Balaban J connectivity index is 1.72. The molecule has 0 fully saturated rings. The van der Waals surface area contributed by atoms with E-state index in [4.69, 9.17) is 0 Å². The minimum atomic E-state index is -4.91. The Morgan fingerprint density at radius 3 is 1.58 bits per heavy atom. The fraction of sp³-hybridized carbons (Fsp3) is 0.0303. The number of alkyl halides is 3. The molecule has 10 heteroatoms. The number of hydrogen-bond donors (Lipinski definition) is 0. The fourth-order valence-electron chi connectivity index (χ4n) is 5.99. The lowest BCUT2D eigenvalue weighted by molar-refractivity contribution is -0.137. The van der Waals surface area contributed by atoms with Crippen LogP contribution in [0, 0.1) is 40.1 Å². The van der Waals surface area contributed by atoms with Crippen LogP contribution in [0.15, 0.2) is 84.9 Å². The van der Waals surface area contributed by atoms with Gasteiger partial charge in [-0.05, 0) is 36.4 Å². The summed E-state index contributed by atoms with van der Waals surface area (Å²) in [5.41, 5.74) is -1.43. The zero-order chi connectivity index (χ0) is 30.2. The standard InChI is InChI=1S/C33H14F6N4/c34-19-13-23(35)32(24(36)14-19)43-26-8-4-2-6-21(26)30-28(43)10-9-27-29(30)20-5-1-3-7-25(20)42(27)31-18(16-41)11-17(15-40)12-22(31)33(37,38)39/h1-14H. The SMILES string of the molecule is N#Cc1cc(C#N)c(-n2c3ccccc3c3c4c5ccccc5n(-c5c(F)cc(F)cc5F)c4ccc32)c(C(F)(F)F)c1. The van der Waals surface area contributed by atoms with Gasteiger partial charge in [-0.1, -0.05) is 36.4 Å². The first-order chi connectivity index (χ1) is 20.6. The smallest absolute Gasteiger partial charge is 0.307 e. The van der Waals surface area contributed by atoms with Gasteiger partial charge in [0.05, 0.1) is 50.5 Å². The zero-order valence-electron chi connectivity index (χ0n) is 21.6. The van der Waals surface area contributed by atoms with Crippen LogP contribution in [0.25, 0.3) is 55.0 Å². The van der Waals surface area contributed by atoms with Crippen LogP contribution in [0.3, 0.4) is 0 Å². The molecule has 2 heterocycles. The number of para-hydroxylation sites is 2. The van der Waals surface area contributed by atoms with Gasteiger partial charge in [0.1, 0.15) is 17.6 Å². The van der Waals surface area contributed by atoms with Crippen molar-refractivity contribution in [2.24, 2.45) is 0 Å². The fourth-order valence-corrected chi connectivity index (χ4v) is 5.99. The molecule has 5 aromatic carbocycles. The summed E-state index contributed by atoms with van der Waals surface area (Å²) in [5, 5.41) is 21.4. The summed E-state index contributed by atoms with van der Waals surface area (Å²) in [6.07, 6.45) is -4.91. The molecule has 0 aliphatic heterocycles. The Morgan fingerprint density at radius 1 is 0.581 bits per heavy atom. The van der Waals surface area contributed by atoms with Gasteiger partial charge in [-0.3, -0.25) is 0 Å². The average molecular weight is 580 g/mol. The van der Waals surface area contributed by atoms with Crippen molar-refractivity contribution in [3.63, 3.8) is 0 Å². The predicted octanol–water partition coefficient (Wildman–Crippen LogP) is 9.06. The number of hydrogen-bond acceptors (Lipinski definition) is 2. The summed E-state index contributed by atoms with van der Waals surface area (Å²) in [6.45, 7) is 0. The molecule has 0 atom stereocenters. The maximum absolute atomic E-state index is 15.2. The molecule has 0 saturated carbocycles. The molecule has 0 N–H and O–H groups in total. The van der Waals surface area contributed by atoms with Gasteiger partial charge in [-0.25, -0.2) is 13.2 Å². The van der Waals surface area contributed by atoms with Crippen LogP contribution in [0.1, 0.15) is 16.7 Å². The first kappa shape index (κ1) is 26.2. The number of nitriles is 2. The monoisotopic (exact) mass is 580 g/mol. The highest BCUT2D eigenvalue weighted by Gasteiger charge is 2.37. The van der Waals surface area contributed by atoms with Gasteiger partial charge in [-0.2, -0.15) is 23.7 Å². The number of benzene rings is 5. The molecule has 0 unspecified atom stereocenters. The zero-order valence-corrected chi connectivity index (χ0v) is 21.6. The van der Waals surface area contributed by atoms with Crippen molar-refractivity contribution in [1.82, 2.24) is 9.13 Å². The van der Waals surface area contributed by atoms with E-state index in [2.05, 4.69) is 0 Å². The summed E-state index contributed by atoms with van der Waals surface area (Å²) in [7, 11) is 0. The largest absolute Gasteiger partial charge is 0.418 e. The number of halogens is 6. The summed E-state index contributed by atoms with van der Waals surface area (Å²) in [6, 6.07) is 23.0. The molecule has 208 valence electrons. The lowest BCUT2D eigenvalue weighted by Gasteiger charge is -2.18. The van der Waals surface area contributed by atoms with Crippen LogP contribution >= 0.6 is 0 Å². The minimum absolute atomic E-state index is 0.295. The third-order valence-electron chi connectivity index (χ3n) is 7.57. The van der Waals surface area contributed by atoms with Crippen molar-refractivity contribution in [1.29, 1.82) is 10.5 Å². The molecule has 4 nitrogen and oxygen atoms in total. The Kier molecular flexibility index (Phi) is 5.56. The third kappa shape index (κ3) is 3.70. The van der Waals surface area contributed by atoms with E-state index in [1.807, 2.05) is 6.07 Å². The van der Waals surface area contributed by atoms with Crippen LogP contribution in [-0.2, 0) is 6.18 Å². The minimum Gasteiger partial charge on any atom is -0.307 e. The van der Waals surface area contributed by atoms with Gasteiger partial charge in [0, 0.05) is 33.7 Å². The van der Waals surface area contributed by atoms with Crippen molar-refractivity contribution in [2.45, 2.75) is 6.18 Å². The highest BCUT2D eigenvalue weighted by atomic mass is 19.4. The molecule has 0 bridgehead atoms. The van der Waals surface area contributed by atoms with E-state index in [0.29, 0.717) is 61.8 Å². The second kappa shape index (κ2) is 9.13. The topological polar surface area (TPSA) is 57.4 Å². The van der Waals surface area contributed by atoms with Crippen molar-refractivity contribution in [3.8, 4) is 23.5 Å². The molecule has 7 rings (SSSR count). The van der Waals surface area contributed by atoms with Crippen LogP contribution in [-0.4, -0.2) is 9.13 Å². The van der Waals surface area contributed by atoms with E-state index < -0.39 is 40.6 Å². The second-order valence-electron chi connectivity index (χ2n) is 9.92. The van der Waals surface area contributed by atoms with E-state index in [0.717, 1.165) is 6.07 Å². The van der Waals surface area contributed by atoms with Crippen LogP contribution in [0.2, 0.25) is 0 Å². The van der Waals surface area contributed by atoms with Gasteiger partial charge >= 0.3 is 6.18 Å². The summed E-state index contributed by atoms with van der Waals surface area (Å²) in [4.78, 5) is 0. The highest BCUT2D eigenvalue weighted by molar-refractivity contribution is 6.29. The van der Waals surface area contributed by atoms with E-state index >= 15 is 8.78 Å². The number of aromatic nitrogens is 2. The Hall–Kier alpha value is -5.74. The lowest BCUT2D eigenvalue weighted by atomic mass is 10.0. The van der Waals surface area contributed by atoms with Crippen molar-refractivity contribution >= 4 is 43.6 Å². The molecule has 0 aliphatic carbocycles. The predicted molar refractivity (Wildman–Crippen MR) is 149 cm³/mol. The molecule has 0 aliphatic rings. The molecule has 0 amide bonds. The quantitative estimate of drug-likeness (QED) is 0.192. The Morgan fingerprint density at radius 2 is 1.09 bits per heavy atom. The molecular weight excluding hydrogens is 566 g/mol. The van der Waals surface area contributed by atoms with Crippen molar-refractivity contribution in [3.05, 3.63) is 119 Å². The lowest BCUT2D eigenvalue weighted by Crippen LogP contribution is -2.13. The second-order valence-corrected chi connectivity index (χ2v) is 9.92. The Bertz CT molecular complexity index is 2380. The van der Waals surface area contributed by atoms with Gasteiger partial charge in [0.15, 0.2) is 11.6 Å². The molecular formula is C33H14F6N4. The van der Waals surface area contributed by atoms with Gasteiger partial charge in [-0.15, -0.1) is 0 Å². The van der Waals surface area contributed by atoms with Crippen LogP contribution < -0.4 is 0 Å². The molecule has 0 radical (unpaired) electrons. The summed E-state index contributed by atoms with van der Waals surface area (Å²) < 4.78 is 90.3. The molecule has 0 saturated heterocycles. The molecule has 0 spiro atoms. The number of rotatable bonds is 2. The molecule has 7 aromatic rings. The van der Waals surface area contributed by atoms with E-state index in [9.17, 15) is 28.1 Å². The first-order valence-electron chi connectivity index (χ1n) is 12.8. The number of fused-ring (bicyclic) bond motifs is 7. The average Bonchev–Trinajstić information content (AvgIpc) is 3.48. The Labute approximate surface area is 238 Å². The van der Waals surface area contributed by atoms with Crippen molar-refractivity contribution < 1.29 is 26.3 Å². The van der Waals surface area contributed by atoms with E-state index in [1.54, 1.807) is 54.6 Å². The van der Waals surface area contributed by atoms with E-state index in [-0.39, 0.29) is 11.1 Å². The number of nitrogens with zero attached hydrogens (tertiary/aromatic N) is 4. The van der Waals surface area contributed by atoms with Crippen molar-refractivity contribution in [2.75, 3.05) is 0 Å². The van der Waals surface area contributed by atoms with E-state index in [1.165, 1.54) is 21.3 Å². The first-order valence-corrected chi connectivity index (χ1v) is 12.8. The highest BCUT2D eigenvalue weighted by Crippen LogP contribution is 2.45. The maximum Gasteiger partial charge on any atom is 0.418 e. The van der Waals surface area contributed by atoms with Gasteiger partial charge in [0.2, 0.25) is 0 Å². The molecule has 43 heavy (non-hydrogen) atoms. The van der Waals surface area contributed by atoms with Gasteiger partial charge in [0.25, 0.3) is 0 Å². The van der Waals surface area contributed by atoms with Crippen LogP contribution in [0.4, 0.5) is 26.3 Å². The summed E-state index contributed by atoms with van der Waals surface area (Å²) in [5.74, 6) is -3.34. The maximum atomic E-state index is 15.2. The van der Waals surface area contributed by atoms with Crippen LogP contribution in [0.5, 0.6) is 0 Å². The molecule has 2 aromatic heterocycles. The third-order valence-corrected chi connectivity index (χ3v) is 7.57. The normalized spacial score (nSPS) is 11.9. The van der Waals surface area contributed by atoms with Gasteiger partial charge < -0.3 is 9.13 Å².